The van der Waals surface area contributed by atoms with Crippen molar-refractivity contribution < 1.29 is 4.79 Å². The molecule has 0 spiro atoms. The normalized spacial score (nSPS) is 10.7. The summed E-state index contributed by atoms with van der Waals surface area (Å²) in [6.07, 6.45) is 1.17. The molecular formula is C17H14Cl4O. The molecule has 0 amide bonds. The number of alkyl halides is 2. The Kier molecular flexibility index (Phi) is 6.58. The topological polar surface area (TPSA) is 17.1 Å². The second-order valence-electron chi connectivity index (χ2n) is 4.81. The molecule has 0 aliphatic carbocycles. The zero-order chi connectivity index (χ0) is 16.1. The minimum absolute atomic E-state index is 0.0615. The quantitative estimate of drug-likeness (QED) is 0.461. The van der Waals surface area contributed by atoms with Crippen molar-refractivity contribution in [3.05, 3.63) is 68.7 Å². The second kappa shape index (κ2) is 8.21. The van der Waals surface area contributed by atoms with E-state index in [1.807, 2.05) is 0 Å². The van der Waals surface area contributed by atoms with Crippen molar-refractivity contribution in [1.82, 2.24) is 0 Å². The first-order valence-corrected chi connectivity index (χ1v) is 8.62. The number of ketones is 1. The van der Waals surface area contributed by atoms with Gasteiger partial charge < -0.3 is 0 Å². The lowest BCUT2D eigenvalue weighted by Gasteiger charge is -2.12. The van der Waals surface area contributed by atoms with Crippen LogP contribution < -0.4 is 0 Å². The molecule has 22 heavy (non-hydrogen) atoms. The molecule has 0 atom stereocenters. The van der Waals surface area contributed by atoms with Crippen LogP contribution in [0, 0.1) is 0 Å². The highest BCUT2D eigenvalue weighted by Crippen LogP contribution is 2.24. The monoisotopic (exact) mass is 374 g/mol. The maximum atomic E-state index is 12.9. The Labute approximate surface area is 150 Å². The molecule has 1 nitrogen and oxygen atoms in total. The number of carbonyl (C=O) groups excluding carboxylic acids is 1. The Morgan fingerprint density at radius 2 is 1.18 bits per heavy atom. The average Bonchev–Trinajstić information content (AvgIpc) is 2.48. The summed E-state index contributed by atoms with van der Waals surface area (Å²) < 4.78 is 0. The summed E-state index contributed by atoms with van der Waals surface area (Å²) in [5.41, 5.74) is 2.92. The van der Waals surface area contributed by atoms with Gasteiger partial charge in [-0.3, -0.25) is 4.79 Å². The first kappa shape index (κ1) is 17.6. The van der Waals surface area contributed by atoms with Gasteiger partial charge in [-0.15, -0.1) is 23.2 Å². The molecule has 0 fully saturated rings. The van der Waals surface area contributed by atoms with Gasteiger partial charge in [0, 0.05) is 32.9 Å². The van der Waals surface area contributed by atoms with Crippen molar-refractivity contribution in [2.75, 3.05) is 11.8 Å². The minimum atomic E-state index is -0.0615. The van der Waals surface area contributed by atoms with Gasteiger partial charge in [-0.2, -0.15) is 0 Å². The van der Waals surface area contributed by atoms with E-state index in [9.17, 15) is 4.79 Å². The fraction of sp³-hybridized carbons (Fsp3) is 0.235. The third-order valence-electron chi connectivity index (χ3n) is 3.35. The van der Waals surface area contributed by atoms with Crippen LogP contribution in [0.3, 0.4) is 0 Å². The molecule has 0 saturated carbocycles. The molecule has 0 aliphatic heterocycles. The number of hydrogen-bond acceptors (Lipinski definition) is 1. The average molecular weight is 376 g/mol. The van der Waals surface area contributed by atoms with Gasteiger partial charge in [-0.05, 0) is 60.4 Å². The fourth-order valence-electron chi connectivity index (χ4n) is 2.33. The molecule has 116 valence electrons. The lowest BCUT2D eigenvalue weighted by atomic mass is 9.93. The van der Waals surface area contributed by atoms with E-state index in [1.54, 1.807) is 36.4 Å². The van der Waals surface area contributed by atoms with Crippen molar-refractivity contribution >= 4 is 52.2 Å². The molecule has 2 aromatic carbocycles. The van der Waals surface area contributed by atoms with Crippen molar-refractivity contribution in [1.29, 1.82) is 0 Å². The second-order valence-corrected chi connectivity index (χ2v) is 6.44. The molecule has 0 heterocycles. The molecule has 0 aromatic heterocycles. The van der Waals surface area contributed by atoms with Crippen LogP contribution in [0.1, 0.15) is 27.0 Å². The third-order valence-corrected chi connectivity index (χ3v) is 4.20. The largest absolute Gasteiger partial charge is 0.289 e. The SMILES string of the molecule is O=C(c1ccc(Cl)cc1CCCl)c1ccc(Cl)cc1CCCl. The lowest BCUT2D eigenvalue weighted by molar-refractivity contribution is 0.103. The van der Waals surface area contributed by atoms with E-state index in [0.717, 1.165) is 11.1 Å². The molecular weight excluding hydrogens is 362 g/mol. The standard InChI is InChI=1S/C17H14Cl4O/c18-7-5-11-9-13(20)1-3-15(11)17(22)16-4-2-14(21)10-12(16)6-8-19/h1-4,9-10H,5-8H2. The summed E-state index contributed by atoms with van der Waals surface area (Å²) in [6.45, 7) is 0. The van der Waals surface area contributed by atoms with E-state index in [4.69, 9.17) is 46.4 Å². The summed E-state index contributed by atoms with van der Waals surface area (Å²) in [7, 11) is 0. The van der Waals surface area contributed by atoms with Crippen molar-refractivity contribution in [2.24, 2.45) is 0 Å². The molecule has 0 saturated heterocycles. The number of hydrogen-bond donors (Lipinski definition) is 0. The van der Waals surface area contributed by atoms with Gasteiger partial charge >= 0.3 is 0 Å². The van der Waals surface area contributed by atoms with Gasteiger partial charge in [-0.1, -0.05) is 23.2 Å². The lowest BCUT2D eigenvalue weighted by Crippen LogP contribution is -2.09. The molecule has 0 radical (unpaired) electrons. The zero-order valence-electron chi connectivity index (χ0n) is 11.7. The van der Waals surface area contributed by atoms with E-state index in [-0.39, 0.29) is 5.78 Å². The summed E-state index contributed by atoms with van der Waals surface area (Å²) in [4.78, 5) is 12.9. The van der Waals surface area contributed by atoms with E-state index in [1.165, 1.54) is 0 Å². The third kappa shape index (κ3) is 4.17. The highest BCUT2D eigenvalue weighted by atomic mass is 35.5. The molecule has 0 bridgehead atoms. The Morgan fingerprint density at radius 3 is 1.55 bits per heavy atom. The number of aryl methyl sites for hydroxylation is 2. The van der Waals surface area contributed by atoms with E-state index >= 15 is 0 Å². The maximum absolute atomic E-state index is 12.9. The van der Waals surface area contributed by atoms with Crippen LogP contribution in [0.25, 0.3) is 0 Å². The molecule has 2 rings (SSSR count). The molecule has 5 heteroatoms. The summed E-state index contributed by atoms with van der Waals surface area (Å²) >= 11 is 23.7. The Hall–Kier alpha value is -0.730. The van der Waals surface area contributed by atoms with Crippen molar-refractivity contribution in [3.8, 4) is 0 Å². The minimum Gasteiger partial charge on any atom is -0.289 e. The van der Waals surface area contributed by atoms with Gasteiger partial charge in [0.1, 0.15) is 0 Å². The fourth-order valence-corrected chi connectivity index (χ4v) is 3.13. The molecule has 0 aliphatic rings. The number of benzene rings is 2. The van der Waals surface area contributed by atoms with Crippen LogP contribution in [0.5, 0.6) is 0 Å². The van der Waals surface area contributed by atoms with Crippen LogP contribution in [-0.2, 0) is 12.8 Å². The van der Waals surface area contributed by atoms with E-state index in [0.29, 0.717) is 45.8 Å². The number of rotatable bonds is 6. The first-order chi connectivity index (χ1) is 10.6. The van der Waals surface area contributed by atoms with Gasteiger partial charge in [0.25, 0.3) is 0 Å². The van der Waals surface area contributed by atoms with Crippen LogP contribution >= 0.6 is 46.4 Å². The molecule has 2 aromatic rings. The summed E-state index contributed by atoms with van der Waals surface area (Å²) in [5, 5.41) is 1.18. The Balaban J connectivity index is 2.48. The van der Waals surface area contributed by atoms with Crippen LogP contribution in [-0.4, -0.2) is 17.5 Å². The van der Waals surface area contributed by atoms with Gasteiger partial charge in [0.15, 0.2) is 5.78 Å². The van der Waals surface area contributed by atoms with Crippen molar-refractivity contribution in [3.63, 3.8) is 0 Å². The van der Waals surface area contributed by atoms with E-state index in [2.05, 4.69) is 0 Å². The molecule has 0 N–H and O–H groups in total. The van der Waals surface area contributed by atoms with Crippen LogP contribution in [0.15, 0.2) is 36.4 Å². The van der Waals surface area contributed by atoms with Gasteiger partial charge in [-0.25, -0.2) is 0 Å². The number of halogens is 4. The predicted molar refractivity (Wildman–Crippen MR) is 95.2 cm³/mol. The highest BCUT2D eigenvalue weighted by molar-refractivity contribution is 6.31. The van der Waals surface area contributed by atoms with Gasteiger partial charge in [0.2, 0.25) is 0 Å². The highest BCUT2D eigenvalue weighted by Gasteiger charge is 2.17. The molecule has 0 unspecified atom stereocenters. The summed E-state index contributed by atoms with van der Waals surface area (Å²) in [6, 6.07) is 10.5. The van der Waals surface area contributed by atoms with E-state index < -0.39 is 0 Å². The Bertz CT molecular complexity index is 625. The predicted octanol–water partition coefficient (Wildman–Crippen LogP) is 5.79. The van der Waals surface area contributed by atoms with Crippen molar-refractivity contribution in [2.45, 2.75) is 12.8 Å². The Morgan fingerprint density at radius 1 is 0.773 bits per heavy atom. The maximum Gasteiger partial charge on any atom is 0.193 e. The van der Waals surface area contributed by atoms with Crippen LogP contribution in [0.4, 0.5) is 0 Å². The van der Waals surface area contributed by atoms with Gasteiger partial charge in [0.05, 0.1) is 0 Å². The van der Waals surface area contributed by atoms with Crippen LogP contribution in [0.2, 0.25) is 10.0 Å². The smallest absolute Gasteiger partial charge is 0.193 e. The first-order valence-electron chi connectivity index (χ1n) is 6.80. The number of carbonyl (C=O) groups is 1. The summed E-state index contributed by atoms with van der Waals surface area (Å²) in [5.74, 6) is 0.791. The zero-order valence-corrected chi connectivity index (χ0v) is 14.7.